The van der Waals surface area contributed by atoms with Gasteiger partial charge in [0, 0.05) is 18.9 Å². The Morgan fingerprint density at radius 3 is 2.39 bits per heavy atom. The van der Waals surface area contributed by atoms with Crippen LogP contribution in [0.1, 0.15) is 44.9 Å². The van der Waals surface area contributed by atoms with Crippen LogP contribution in [-0.2, 0) is 4.79 Å². The SMILES string of the molecule is CNC(CC1CCC(F)(F)CC1)C(=O)NC1CC1. The number of rotatable bonds is 5. The zero-order valence-electron chi connectivity index (χ0n) is 10.8. The van der Waals surface area contributed by atoms with E-state index in [-0.39, 0.29) is 30.7 Å². The lowest BCUT2D eigenvalue weighted by atomic mass is 9.83. The maximum atomic E-state index is 13.0. The Balaban J connectivity index is 1.77. The second-order valence-corrected chi connectivity index (χ2v) is 5.66. The predicted octanol–water partition coefficient (Wildman–Crippen LogP) is 2.07. The second kappa shape index (κ2) is 5.51. The van der Waals surface area contributed by atoms with E-state index in [2.05, 4.69) is 10.6 Å². The number of carbonyl (C=O) groups excluding carboxylic acids is 1. The number of nitrogens with one attached hydrogen (secondary N) is 2. The number of likely N-dealkylation sites (N-methyl/N-ethyl adjacent to an activating group) is 1. The number of amides is 1. The van der Waals surface area contributed by atoms with Crippen LogP contribution in [0.5, 0.6) is 0 Å². The van der Waals surface area contributed by atoms with Gasteiger partial charge in [0.25, 0.3) is 0 Å². The second-order valence-electron chi connectivity index (χ2n) is 5.66. The molecule has 0 heterocycles. The fourth-order valence-corrected chi connectivity index (χ4v) is 2.55. The largest absolute Gasteiger partial charge is 0.352 e. The van der Waals surface area contributed by atoms with Crippen molar-refractivity contribution in [2.24, 2.45) is 5.92 Å². The van der Waals surface area contributed by atoms with Crippen molar-refractivity contribution < 1.29 is 13.6 Å². The van der Waals surface area contributed by atoms with Gasteiger partial charge in [-0.25, -0.2) is 8.78 Å². The Labute approximate surface area is 107 Å². The van der Waals surface area contributed by atoms with E-state index in [1.807, 2.05) is 0 Å². The summed E-state index contributed by atoms with van der Waals surface area (Å²) in [5.74, 6) is -2.22. The van der Waals surface area contributed by atoms with Crippen LogP contribution < -0.4 is 10.6 Å². The highest BCUT2D eigenvalue weighted by Crippen LogP contribution is 2.37. The molecule has 2 saturated carbocycles. The summed E-state index contributed by atoms with van der Waals surface area (Å²) < 4.78 is 26.1. The van der Waals surface area contributed by atoms with Crippen LogP contribution >= 0.6 is 0 Å². The van der Waals surface area contributed by atoms with Crippen molar-refractivity contribution in [3.63, 3.8) is 0 Å². The minimum absolute atomic E-state index is 0.0253. The highest BCUT2D eigenvalue weighted by molar-refractivity contribution is 5.82. The van der Waals surface area contributed by atoms with Crippen LogP contribution in [-0.4, -0.2) is 31.0 Å². The van der Waals surface area contributed by atoms with E-state index in [0.717, 1.165) is 12.8 Å². The van der Waals surface area contributed by atoms with Gasteiger partial charge in [-0.15, -0.1) is 0 Å². The first-order valence-electron chi connectivity index (χ1n) is 6.85. The van der Waals surface area contributed by atoms with Gasteiger partial charge in [-0.05, 0) is 45.1 Å². The molecule has 0 aromatic heterocycles. The van der Waals surface area contributed by atoms with E-state index in [0.29, 0.717) is 25.3 Å². The molecule has 0 aromatic carbocycles. The minimum atomic E-state index is -2.48. The summed E-state index contributed by atoms with van der Waals surface area (Å²) >= 11 is 0. The predicted molar refractivity (Wildman–Crippen MR) is 65.5 cm³/mol. The molecule has 5 heteroatoms. The van der Waals surface area contributed by atoms with Gasteiger partial charge in [0.05, 0.1) is 6.04 Å². The maximum absolute atomic E-state index is 13.0. The lowest BCUT2D eigenvalue weighted by Crippen LogP contribution is -2.45. The topological polar surface area (TPSA) is 41.1 Å². The molecule has 0 bridgehead atoms. The van der Waals surface area contributed by atoms with Crippen LogP contribution in [0.25, 0.3) is 0 Å². The average molecular weight is 260 g/mol. The Bertz CT molecular complexity index is 295. The molecule has 1 amide bonds. The van der Waals surface area contributed by atoms with E-state index in [1.54, 1.807) is 7.05 Å². The molecule has 0 aliphatic heterocycles. The van der Waals surface area contributed by atoms with Gasteiger partial charge in [-0.2, -0.15) is 0 Å². The molecule has 1 atom stereocenters. The van der Waals surface area contributed by atoms with Crippen molar-refractivity contribution in [3.05, 3.63) is 0 Å². The molecule has 0 radical (unpaired) electrons. The average Bonchev–Trinajstić information content (AvgIpc) is 3.11. The van der Waals surface area contributed by atoms with Gasteiger partial charge in [0.15, 0.2) is 0 Å². The lowest BCUT2D eigenvalue weighted by Gasteiger charge is -2.30. The first-order chi connectivity index (χ1) is 8.50. The van der Waals surface area contributed by atoms with Gasteiger partial charge in [0.1, 0.15) is 0 Å². The molecular weight excluding hydrogens is 238 g/mol. The highest BCUT2D eigenvalue weighted by atomic mass is 19.3. The van der Waals surface area contributed by atoms with Crippen LogP contribution in [0.4, 0.5) is 8.78 Å². The Kier molecular flexibility index (Phi) is 4.20. The number of carbonyl (C=O) groups is 1. The van der Waals surface area contributed by atoms with Crippen molar-refractivity contribution in [1.82, 2.24) is 10.6 Å². The van der Waals surface area contributed by atoms with E-state index < -0.39 is 5.92 Å². The van der Waals surface area contributed by atoms with E-state index in [4.69, 9.17) is 0 Å². The molecule has 1 unspecified atom stereocenters. The Hall–Kier alpha value is -0.710. The van der Waals surface area contributed by atoms with Gasteiger partial charge in [-0.1, -0.05) is 0 Å². The zero-order chi connectivity index (χ0) is 13.2. The van der Waals surface area contributed by atoms with Gasteiger partial charge >= 0.3 is 0 Å². The molecular formula is C13H22F2N2O. The molecule has 0 spiro atoms. The van der Waals surface area contributed by atoms with Crippen LogP contribution in [0, 0.1) is 5.92 Å². The van der Waals surface area contributed by atoms with Crippen LogP contribution in [0.15, 0.2) is 0 Å². The van der Waals surface area contributed by atoms with Gasteiger partial charge < -0.3 is 10.6 Å². The van der Waals surface area contributed by atoms with Crippen molar-refractivity contribution in [2.75, 3.05) is 7.05 Å². The van der Waals surface area contributed by atoms with Gasteiger partial charge in [-0.3, -0.25) is 4.79 Å². The number of hydrogen-bond acceptors (Lipinski definition) is 2. The van der Waals surface area contributed by atoms with E-state index >= 15 is 0 Å². The fraction of sp³-hybridized carbons (Fsp3) is 0.923. The zero-order valence-corrected chi connectivity index (χ0v) is 10.8. The molecule has 0 saturated heterocycles. The molecule has 2 fully saturated rings. The lowest BCUT2D eigenvalue weighted by molar-refractivity contribution is -0.123. The highest BCUT2D eigenvalue weighted by Gasteiger charge is 2.36. The normalized spacial score (nSPS) is 25.7. The smallest absolute Gasteiger partial charge is 0.248 e. The molecule has 2 rings (SSSR count). The quantitative estimate of drug-likeness (QED) is 0.794. The molecule has 18 heavy (non-hydrogen) atoms. The molecule has 2 aliphatic rings. The summed E-state index contributed by atoms with van der Waals surface area (Å²) in [7, 11) is 1.76. The van der Waals surface area contributed by atoms with Crippen LogP contribution in [0.3, 0.4) is 0 Å². The maximum Gasteiger partial charge on any atom is 0.248 e. The first-order valence-corrected chi connectivity index (χ1v) is 6.85. The Morgan fingerprint density at radius 1 is 1.28 bits per heavy atom. The van der Waals surface area contributed by atoms with E-state index in [1.165, 1.54) is 0 Å². The fourth-order valence-electron chi connectivity index (χ4n) is 2.55. The van der Waals surface area contributed by atoms with Crippen molar-refractivity contribution in [3.8, 4) is 0 Å². The minimum Gasteiger partial charge on any atom is -0.352 e. The van der Waals surface area contributed by atoms with Crippen molar-refractivity contribution in [1.29, 1.82) is 0 Å². The van der Waals surface area contributed by atoms with Crippen molar-refractivity contribution >= 4 is 5.91 Å². The monoisotopic (exact) mass is 260 g/mol. The molecule has 104 valence electrons. The molecule has 0 aromatic rings. The molecule has 2 aliphatic carbocycles. The van der Waals surface area contributed by atoms with Crippen LogP contribution in [0.2, 0.25) is 0 Å². The summed E-state index contributed by atoms with van der Waals surface area (Å²) in [6.45, 7) is 0. The third-order valence-electron chi connectivity index (χ3n) is 3.99. The number of halogens is 2. The Morgan fingerprint density at radius 2 is 1.89 bits per heavy atom. The first kappa shape index (κ1) is 13.7. The van der Waals surface area contributed by atoms with Gasteiger partial charge in [0.2, 0.25) is 11.8 Å². The number of hydrogen-bond donors (Lipinski definition) is 2. The van der Waals surface area contributed by atoms with E-state index in [9.17, 15) is 13.6 Å². The summed E-state index contributed by atoms with van der Waals surface area (Å²) in [5.41, 5.74) is 0. The standard InChI is InChI=1S/C13H22F2N2O/c1-16-11(12(18)17-10-2-3-10)8-9-4-6-13(14,15)7-5-9/h9-11,16H,2-8H2,1H3,(H,17,18). The summed E-state index contributed by atoms with van der Waals surface area (Å²) in [6, 6.07) is 0.117. The summed E-state index contributed by atoms with van der Waals surface area (Å²) in [6.07, 6.45) is 3.81. The van der Waals surface area contributed by atoms with Crippen molar-refractivity contribution in [2.45, 2.75) is 63.0 Å². The molecule has 2 N–H and O–H groups in total. The third-order valence-corrected chi connectivity index (χ3v) is 3.99. The number of alkyl halides is 2. The molecule has 3 nitrogen and oxygen atoms in total. The summed E-state index contributed by atoms with van der Waals surface area (Å²) in [5, 5.41) is 5.96. The third kappa shape index (κ3) is 3.90. The summed E-state index contributed by atoms with van der Waals surface area (Å²) in [4.78, 5) is 11.9.